The van der Waals surface area contributed by atoms with Crippen LogP contribution in [0.3, 0.4) is 0 Å². The average molecular weight is 207 g/mol. The summed E-state index contributed by atoms with van der Waals surface area (Å²) >= 11 is 0. The molecule has 0 radical (unpaired) electrons. The summed E-state index contributed by atoms with van der Waals surface area (Å²) in [6.45, 7) is 1.95. The third-order valence-corrected chi connectivity index (χ3v) is 2.24. The highest BCUT2D eigenvalue weighted by atomic mass is 16.5. The molecule has 0 amide bonds. The van der Waals surface area contributed by atoms with Crippen molar-refractivity contribution in [1.29, 1.82) is 0 Å². The molecule has 1 atom stereocenters. The fourth-order valence-corrected chi connectivity index (χ4v) is 1.34. The topological polar surface area (TPSA) is 82.8 Å². The maximum atomic E-state index is 5.98. The molecule has 0 bridgehead atoms. The summed E-state index contributed by atoms with van der Waals surface area (Å²) in [6, 6.07) is -0.387. The largest absolute Gasteiger partial charge is 0.339 e. The van der Waals surface area contributed by atoms with E-state index in [1.165, 1.54) is 0 Å². The maximum Gasteiger partial charge on any atom is 0.226 e. The quantitative estimate of drug-likeness (QED) is 0.788. The molecule has 2 heterocycles. The van der Waals surface area contributed by atoms with Crippen molar-refractivity contribution in [3.05, 3.63) is 29.9 Å². The first-order chi connectivity index (χ1) is 7.22. The van der Waals surface area contributed by atoms with Gasteiger partial charge in [0.2, 0.25) is 5.89 Å². The van der Waals surface area contributed by atoms with Gasteiger partial charge in [0.05, 0.1) is 18.2 Å². The zero-order valence-corrected chi connectivity index (χ0v) is 8.71. The summed E-state index contributed by atoms with van der Waals surface area (Å²) in [7, 11) is 1.88. The van der Waals surface area contributed by atoms with Crippen LogP contribution in [0.25, 0.3) is 0 Å². The monoisotopic (exact) mass is 207 g/mol. The second kappa shape index (κ2) is 3.82. The Morgan fingerprint density at radius 2 is 2.40 bits per heavy atom. The lowest BCUT2D eigenvalue weighted by atomic mass is 10.2. The minimum absolute atomic E-state index is 0.387. The highest BCUT2D eigenvalue weighted by molar-refractivity contribution is 5.13. The van der Waals surface area contributed by atoms with Crippen LogP contribution in [0.2, 0.25) is 0 Å². The Hall–Kier alpha value is -1.69. The molecular weight excluding hydrogens is 194 g/mol. The number of aromatic nitrogens is 4. The summed E-state index contributed by atoms with van der Waals surface area (Å²) < 4.78 is 6.84. The van der Waals surface area contributed by atoms with Crippen molar-refractivity contribution >= 4 is 0 Å². The van der Waals surface area contributed by atoms with Gasteiger partial charge in [0, 0.05) is 13.5 Å². The first-order valence-corrected chi connectivity index (χ1v) is 4.76. The van der Waals surface area contributed by atoms with Gasteiger partial charge in [-0.15, -0.1) is 0 Å². The van der Waals surface area contributed by atoms with Crippen molar-refractivity contribution in [2.75, 3.05) is 0 Å². The molecule has 80 valence electrons. The second-order valence-electron chi connectivity index (χ2n) is 3.31. The van der Waals surface area contributed by atoms with Gasteiger partial charge in [0.15, 0.2) is 5.82 Å². The number of aryl methyl sites for hydroxylation is 2. The third-order valence-electron chi connectivity index (χ3n) is 2.24. The molecule has 1 unspecified atom stereocenters. The molecule has 2 aromatic heterocycles. The predicted octanol–water partition coefficient (Wildman–Crippen LogP) is 0.414. The van der Waals surface area contributed by atoms with Crippen LogP contribution < -0.4 is 5.73 Å². The van der Waals surface area contributed by atoms with Crippen LogP contribution >= 0.6 is 0 Å². The fourth-order valence-electron chi connectivity index (χ4n) is 1.34. The minimum atomic E-state index is -0.387. The molecule has 2 rings (SSSR count). The second-order valence-corrected chi connectivity index (χ2v) is 3.31. The van der Waals surface area contributed by atoms with E-state index in [2.05, 4.69) is 15.1 Å². The van der Waals surface area contributed by atoms with Crippen LogP contribution in [0, 0.1) is 0 Å². The Labute approximate surface area is 87.1 Å². The van der Waals surface area contributed by atoms with Gasteiger partial charge in [0.1, 0.15) is 6.04 Å². The Balaban J connectivity index is 2.28. The summed E-state index contributed by atoms with van der Waals surface area (Å²) in [5.74, 6) is 1.10. The Morgan fingerprint density at radius 3 is 2.93 bits per heavy atom. The van der Waals surface area contributed by atoms with Crippen molar-refractivity contribution < 1.29 is 4.52 Å². The lowest BCUT2D eigenvalue weighted by molar-refractivity contribution is 0.374. The van der Waals surface area contributed by atoms with Crippen LogP contribution in [0.15, 0.2) is 17.0 Å². The standard InChI is InChI=1S/C9H13N5O/c1-3-7-12-9(13-15-7)8(10)6-4-11-5-14(6)2/h4-5,8H,3,10H2,1-2H3. The van der Waals surface area contributed by atoms with E-state index in [0.717, 1.165) is 5.69 Å². The van der Waals surface area contributed by atoms with Crippen molar-refractivity contribution in [3.8, 4) is 0 Å². The molecule has 6 nitrogen and oxygen atoms in total. The summed E-state index contributed by atoms with van der Waals surface area (Å²) in [4.78, 5) is 8.17. The number of hydrogen-bond acceptors (Lipinski definition) is 5. The molecule has 2 N–H and O–H groups in total. The molecule has 0 aliphatic heterocycles. The van der Waals surface area contributed by atoms with Crippen LogP contribution in [-0.2, 0) is 13.5 Å². The van der Waals surface area contributed by atoms with Crippen molar-refractivity contribution in [1.82, 2.24) is 19.7 Å². The number of rotatable bonds is 3. The van der Waals surface area contributed by atoms with E-state index in [4.69, 9.17) is 10.3 Å². The van der Waals surface area contributed by atoms with Gasteiger partial charge in [-0.1, -0.05) is 12.1 Å². The van der Waals surface area contributed by atoms with Crippen molar-refractivity contribution in [2.45, 2.75) is 19.4 Å². The van der Waals surface area contributed by atoms with Gasteiger partial charge in [0.25, 0.3) is 0 Å². The zero-order valence-electron chi connectivity index (χ0n) is 8.71. The predicted molar refractivity (Wildman–Crippen MR) is 52.9 cm³/mol. The maximum absolute atomic E-state index is 5.98. The third kappa shape index (κ3) is 1.75. The first-order valence-electron chi connectivity index (χ1n) is 4.76. The lowest BCUT2D eigenvalue weighted by Crippen LogP contribution is -2.16. The first kappa shape index (κ1) is 9.85. The Kier molecular flexibility index (Phi) is 2.51. The number of hydrogen-bond donors (Lipinski definition) is 1. The van der Waals surface area contributed by atoms with Crippen LogP contribution in [-0.4, -0.2) is 19.7 Å². The van der Waals surface area contributed by atoms with Crippen LogP contribution in [0.4, 0.5) is 0 Å². The summed E-state index contributed by atoms with van der Waals surface area (Å²) in [5, 5.41) is 3.83. The van der Waals surface area contributed by atoms with E-state index in [-0.39, 0.29) is 6.04 Å². The smallest absolute Gasteiger partial charge is 0.226 e. The molecule has 0 saturated carbocycles. The molecular formula is C9H13N5O. The molecule has 0 spiro atoms. The molecule has 0 saturated heterocycles. The van der Waals surface area contributed by atoms with E-state index >= 15 is 0 Å². The molecule has 0 aliphatic rings. The van der Waals surface area contributed by atoms with Crippen molar-refractivity contribution in [3.63, 3.8) is 0 Å². The van der Waals surface area contributed by atoms with Gasteiger partial charge < -0.3 is 14.8 Å². The van der Waals surface area contributed by atoms with Gasteiger partial charge in [-0.05, 0) is 0 Å². The number of imidazole rings is 1. The van der Waals surface area contributed by atoms with Crippen molar-refractivity contribution in [2.24, 2.45) is 12.8 Å². The van der Waals surface area contributed by atoms with Gasteiger partial charge in [-0.25, -0.2) is 4.98 Å². The normalized spacial score (nSPS) is 13.0. The molecule has 2 aromatic rings. The SMILES string of the molecule is CCc1nc(C(N)c2cncn2C)no1. The molecule has 15 heavy (non-hydrogen) atoms. The summed E-state index contributed by atoms with van der Waals surface area (Å²) in [6.07, 6.45) is 4.10. The lowest BCUT2D eigenvalue weighted by Gasteiger charge is -2.06. The summed E-state index contributed by atoms with van der Waals surface area (Å²) in [5.41, 5.74) is 6.84. The van der Waals surface area contributed by atoms with Gasteiger partial charge in [-0.3, -0.25) is 0 Å². The van der Waals surface area contributed by atoms with E-state index in [9.17, 15) is 0 Å². The average Bonchev–Trinajstić information content (AvgIpc) is 2.84. The van der Waals surface area contributed by atoms with Crippen LogP contribution in [0.1, 0.15) is 30.4 Å². The Morgan fingerprint density at radius 1 is 1.60 bits per heavy atom. The molecule has 0 aliphatic carbocycles. The zero-order chi connectivity index (χ0) is 10.8. The fraction of sp³-hybridized carbons (Fsp3) is 0.444. The van der Waals surface area contributed by atoms with E-state index in [1.54, 1.807) is 12.5 Å². The highest BCUT2D eigenvalue weighted by Crippen LogP contribution is 2.15. The van der Waals surface area contributed by atoms with Crippen LogP contribution in [0.5, 0.6) is 0 Å². The number of nitrogens with zero attached hydrogens (tertiary/aromatic N) is 4. The molecule has 0 fully saturated rings. The van der Waals surface area contributed by atoms with Gasteiger partial charge >= 0.3 is 0 Å². The van der Waals surface area contributed by atoms with E-state index < -0.39 is 0 Å². The van der Waals surface area contributed by atoms with E-state index in [1.807, 2.05) is 18.5 Å². The molecule has 6 heteroatoms. The highest BCUT2D eigenvalue weighted by Gasteiger charge is 2.18. The minimum Gasteiger partial charge on any atom is -0.339 e. The molecule has 0 aromatic carbocycles. The van der Waals surface area contributed by atoms with Gasteiger partial charge in [-0.2, -0.15) is 4.98 Å². The Bertz CT molecular complexity index is 447. The number of nitrogens with two attached hydrogens (primary N) is 1. The van der Waals surface area contributed by atoms with E-state index in [0.29, 0.717) is 18.1 Å².